The van der Waals surface area contributed by atoms with Gasteiger partial charge in [-0.1, -0.05) is 15.9 Å². The van der Waals surface area contributed by atoms with Gasteiger partial charge in [0.05, 0.1) is 11.1 Å². The molecule has 2 amide bonds. The molecule has 2 rings (SSSR count). The molecular formula is C14H16Br2N2O3. The number of nitrogens with zero attached hydrogens (tertiary/aromatic N) is 1. The summed E-state index contributed by atoms with van der Waals surface area (Å²) in [6.07, 6.45) is 1.28. The standard InChI is InChI=1S/C14H16Br2N2O3/c1-14(12(19)20)5-2-6-18(8-14)13(21)17-11-4-3-9(15)7-10(11)16/h3-4,7H,2,5-6,8H2,1H3,(H,17,21)(H,19,20). The third-order valence-electron chi connectivity index (χ3n) is 3.67. The largest absolute Gasteiger partial charge is 0.481 e. The van der Waals surface area contributed by atoms with E-state index in [1.165, 1.54) is 0 Å². The van der Waals surface area contributed by atoms with Crippen LogP contribution >= 0.6 is 31.9 Å². The molecule has 5 nitrogen and oxygen atoms in total. The third kappa shape index (κ3) is 3.77. The van der Waals surface area contributed by atoms with E-state index < -0.39 is 11.4 Å². The van der Waals surface area contributed by atoms with Crippen molar-refractivity contribution in [3.05, 3.63) is 27.1 Å². The number of carbonyl (C=O) groups excluding carboxylic acids is 1. The summed E-state index contributed by atoms with van der Waals surface area (Å²) in [6.45, 7) is 2.48. The van der Waals surface area contributed by atoms with Crippen molar-refractivity contribution in [2.75, 3.05) is 18.4 Å². The number of hydrogen-bond acceptors (Lipinski definition) is 2. The fourth-order valence-electron chi connectivity index (χ4n) is 2.37. The van der Waals surface area contributed by atoms with Crippen LogP contribution in [0.5, 0.6) is 0 Å². The molecule has 0 aromatic heterocycles. The molecule has 114 valence electrons. The van der Waals surface area contributed by atoms with E-state index >= 15 is 0 Å². The number of aliphatic carboxylic acids is 1. The Morgan fingerprint density at radius 3 is 2.71 bits per heavy atom. The van der Waals surface area contributed by atoms with Gasteiger partial charge in [-0.2, -0.15) is 0 Å². The molecule has 1 aliphatic heterocycles. The van der Waals surface area contributed by atoms with Gasteiger partial charge in [0.15, 0.2) is 0 Å². The summed E-state index contributed by atoms with van der Waals surface area (Å²) in [5, 5.41) is 12.1. The molecule has 1 fully saturated rings. The molecule has 7 heteroatoms. The van der Waals surface area contributed by atoms with E-state index in [9.17, 15) is 14.7 Å². The number of carboxylic acids is 1. The number of nitrogens with one attached hydrogen (secondary N) is 1. The quantitative estimate of drug-likeness (QED) is 0.762. The van der Waals surface area contributed by atoms with E-state index in [-0.39, 0.29) is 12.6 Å². The van der Waals surface area contributed by atoms with Gasteiger partial charge in [0.1, 0.15) is 0 Å². The minimum atomic E-state index is -0.869. The van der Waals surface area contributed by atoms with Crippen molar-refractivity contribution < 1.29 is 14.7 Å². The van der Waals surface area contributed by atoms with Crippen LogP contribution in [-0.2, 0) is 4.79 Å². The fraction of sp³-hybridized carbons (Fsp3) is 0.429. The maximum absolute atomic E-state index is 12.3. The molecular weight excluding hydrogens is 404 g/mol. The summed E-state index contributed by atoms with van der Waals surface area (Å²) >= 11 is 6.74. The summed E-state index contributed by atoms with van der Waals surface area (Å²) in [4.78, 5) is 25.2. The van der Waals surface area contributed by atoms with Crippen molar-refractivity contribution in [3.8, 4) is 0 Å². The summed E-state index contributed by atoms with van der Waals surface area (Å²) in [6, 6.07) is 5.18. The van der Waals surface area contributed by atoms with Crippen LogP contribution in [-0.4, -0.2) is 35.1 Å². The number of halogens is 2. The molecule has 1 aromatic rings. The number of piperidine rings is 1. The lowest BCUT2D eigenvalue weighted by Crippen LogP contribution is -2.49. The van der Waals surface area contributed by atoms with E-state index in [1.54, 1.807) is 17.9 Å². The first-order valence-electron chi connectivity index (χ1n) is 6.56. The normalized spacial score (nSPS) is 22.0. The summed E-state index contributed by atoms with van der Waals surface area (Å²) in [5.41, 5.74) is -0.210. The highest BCUT2D eigenvalue weighted by Crippen LogP contribution is 2.31. The van der Waals surface area contributed by atoms with Gasteiger partial charge >= 0.3 is 12.0 Å². The Morgan fingerprint density at radius 2 is 2.10 bits per heavy atom. The van der Waals surface area contributed by atoms with Crippen LogP contribution < -0.4 is 5.32 Å². The van der Waals surface area contributed by atoms with E-state index in [4.69, 9.17) is 0 Å². The second-order valence-corrected chi connectivity index (χ2v) is 7.22. The second-order valence-electron chi connectivity index (χ2n) is 5.45. The van der Waals surface area contributed by atoms with Crippen LogP contribution in [0.15, 0.2) is 27.1 Å². The van der Waals surface area contributed by atoms with Crippen molar-refractivity contribution >= 4 is 49.5 Å². The molecule has 1 aromatic carbocycles. The molecule has 0 bridgehead atoms. The molecule has 2 N–H and O–H groups in total. The number of benzene rings is 1. The number of amides is 2. The summed E-state index contributed by atoms with van der Waals surface area (Å²) < 4.78 is 1.67. The molecule has 1 unspecified atom stereocenters. The van der Waals surface area contributed by atoms with Gasteiger partial charge in [0.2, 0.25) is 0 Å². The monoisotopic (exact) mass is 418 g/mol. The van der Waals surface area contributed by atoms with Crippen LogP contribution in [0, 0.1) is 5.41 Å². The zero-order valence-corrected chi connectivity index (χ0v) is 14.7. The zero-order valence-electron chi connectivity index (χ0n) is 11.5. The predicted molar refractivity (Wildman–Crippen MR) is 87.4 cm³/mol. The van der Waals surface area contributed by atoms with Crippen molar-refractivity contribution in [3.63, 3.8) is 0 Å². The predicted octanol–water partition coefficient (Wildman–Crippen LogP) is 3.93. The van der Waals surface area contributed by atoms with Gasteiger partial charge in [-0.25, -0.2) is 4.79 Å². The van der Waals surface area contributed by atoms with Crippen molar-refractivity contribution in [1.82, 2.24) is 4.90 Å². The smallest absolute Gasteiger partial charge is 0.321 e. The lowest BCUT2D eigenvalue weighted by molar-refractivity contribution is -0.150. The number of carbonyl (C=O) groups is 2. The Hall–Kier alpha value is -1.08. The highest BCUT2D eigenvalue weighted by molar-refractivity contribution is 9.11. The van der Waals surface area contributed by atoms with E-state index in [0.29, 0.717) is 25.1 Å². The highest BCUT2D eigenvalue weighted by Gasteiger charge is 2.39. The number of carboxylic acid groups (broad SMARTS) is 1. The Bertz CT molecular complexity index is 579. The third-order valence-corrected chi connectivity index (χ3v) is 4.82. The van der Waals surface area contributed by atoms with Crippen LogP contribution in [0.4, 0.5) is 10.5 Å². The topological polar surface area (TPSA) is 69.6 Å². The van der Waals surface area contributed by atoms with Crippen LogP contribution in [0.2, 0.25) is 0 Å². The van der Waals surface area contributed by atoms with E-state index in [0.717, 1.165) is 8.95 Å². The molecule has 0 radical (unpaired) electrons. The average Bonchev–Trinajstić information content (AvgIpc) is 2.41. The molecule has 1 saturated heterocycles. The lowest BCUT2D eigenvalue weighted by atomic mass is 9.82. The Kier molecular flexibility index (Phi) is 4.93. The SMILES string of the molecule is CC1(C(=O)O)CCCN(C(=O)Nc2ccc(Br)cc2Br)C1. The lowest BCUT2D eigenvalue weighted by Gasteiger charge is -2.37. The Balaban J connectivity index is 2.08. The molecule has 1 aliphatic rings. The number of anilines is 1. The molecule has 21 heavy (non-hydrogen) atoms. The first-order chi connectivity index (χ1) is 9.82. The van der Waals surface area contributed by atoms with Crippen molar-refractivity contribution in [1.29, 1.82) is 0 Å². The molecule has 1 atom stereocenters. The fourth-order valence-corrected chi connectivity index (χ4v) is 3.52. The van der Waals surface area contributed by atoms with E-state index in [1.807, 2.05) is 12.1 Å². The number of likely N-dealkylation sites (tertiary alicyclic amines) is 1. The number of rotatable bonds is 2. The molecule has 0 aliphatic carbocycles. The molecule has 0 spiro atoms. The Morgan fingerprint density at radius 1 is 1.38 bits per heavy atom. The molecule has 1 heterocycles. The van der Waals surface area contributed by atoms with Crippen molar-refractivity contribution in [2.45, 2.75) is 19.8 Å². The van der Waals surface area contributed by atoms with Crippen LogP contribution in [0.1, 0.15) is 19.8 Å². The van der Waals surface area contributed by atoms with Gasteiger partial charge in [-0.05, 0) is 53.9 Å². The molecule has 0 saturated carbocycles. The average molecular weight is 420 g/mol. The maximum Gasteiger partial charge on any atom is 0.321 e. The maximum atomic E-state index is 12.3. The minimum absolute atomic E-state index is 0.225. The Labute approximate surface area is 140 Å². The summed E-state index contributed by atoms with van der Waals surface area (Å²) in [7, 11) is 0. The minimum Gasteiger partial charge on any atom is -0.481 e. The van der Waals surface area contributed by atoms with Crippen molar-refractivity contribution in [2.24, 2.45) is 5.41 Å². The first kappa shape index (κ1) is 16.3. The van der Waals surface area contributed by atoms with Gasteiger partial charge in [0, 0.05) is 22.0 Å². The van der Waals surface area contributed by atoms with E-state index in [2.05, 4.69) is 37.2 Å². The highest BCUT2D eigenvalue weighted by atomic mass is 79.9. The van der Waals surface area contributed by atoms with Crippen LogP contribution in [0.25, 0.3) is 0 Å². The summed E-state index contributed by atoms with van der Waals surface area (Å²) in [5.74, 6) is -0.857. The van der Waals surface area contributed by atoms with Gasteiger partial charge in [0.25, 0.3) is 0 Å². The number of urea groups is 1. The van der Waals surface area contributed by atoms with Gasteiger partial charge < -0.3 is 15.3 Å². The first-order valence-corrected chi connectivity index (χ1v) is 8.15. The number of hydrogen-bond donors (Lipinski definition) is 2. The zero-order chi connectivity index (χ0) is 15.6. The van der Waals surface area contributed by atoms with Crippen LogP contribution in [0.3, 0.4) is 0 Å². The van der Waals surface area contributed by atoms with Gasteiger partial charge in [-0.3, -0.25) is 4.79 Å². The van der Waals surface area contributed by atoms with Gasteiger partial charge in [-0.15, -0.1) is 0 Å². The second kappa shape index (κ2) is 6.36.